The van der Waals surface area contributed by atoms with Gasteiger partial charge in [-0.15, -0.1) is 11.8 Å². The van der Waals surface area contributed by atoms with Crippen LogP contribution in [0.15, 0.2) is 22.8 Å². The number of hydrogen-bond donors (Lipinski definition) is 0. The van der Waals surface area contributed by atoms with Crippen LogP contribution in [0, 0.1) is 0 Å². The summed E-state index contributed by atoms with van der Waals surface area (Å²) in [5.41, 5.74) is 0. The van der Waals surface area contributed by atoms with E-state index in [1.54, 1.807) is 18.0 Å². The van der Waals surface area contributed by atoms with Crippen molar-refractivity contribution in [1.82, 2.24) is 4.90 Å². The number of nitrogens with zero attached hydrogens (tertiary/aromatic N) is 1. The first-order valence-corrected chi connectivity index (χ1v) is 7.34. The van der Waals surface area contributed by atoms with Crippen molar-refractivity contribution in [2.24, 2.45) is 0 Å². The molecule has 0 bridgehead atoms. The summed E-state index contributed by atoms with van der Waals surface area (Å²) >= 11 is 1.59. The highest BCUT2D eigenvalue weighted by atomic mass is 32.2. The van der Waals surface area contributed by atoms with Crippen LogP contribution >= 0.6 is 11.8 Å². The van der Waals surface area contributed by atoms with E-state index in [2.05, 4.69) is 0 Å². The predicted molar refractivity (Wildman–Crippen MR) is 71.5 cm³/mol. The van der Waals surface area contributed by atoms with Crippen LogP contribution in [-0.4, -0.2) is 41.9 Å². The van der Waals surface area contributed by atoms with Crippen LogP contribution in [0.1, 0.15) is 19.6 Å². The largest absolute Gasteiger partial charge is 0.468 e. The molecule has 2 heterocycles. The second-order valence-electron chi connectivity index (χ2n) is 4.63. The molecule has 0 unspecified atom stereocenters. The highest BCUT2D eigenvalue weighted by molar-refractivity contribution is 7.99. The van der Waals surface area contributed by atoms with Gasteiger partial charge in [-0.05, 0) is 26.0 Å². The number of furan rings is 1. The number of rotatable bonds is 4. The summed E-state index contributed by atoms with van der Waals surface area (Å²) in [6.07, 6.45) is 1.92. The standard InChI is InChI=1S/C13H19NO3S/c1-10-6-14(7-11(2)17-10)13(15)9-18-8-12-4-3-5-16-12/h3-5,10-11H,6-9H2,1-2H3/t10-,11-/m1/s1. The molecule has 2 rings (SSSR count). The number of morpholine rings is 1. The van der Waals surface area contributed by atoms with Gasteiger partial charge in [0.1, 0.15) is 5.76 Å². The van der Waals surface area contributed by atoms with Crippen LogP contribution in [-0.2, 0) is 15.3 Å². The number of carbonyl (C=O) groups excluding carboxylic acids is 1. The van der Waals surface area contributed by atoms with Crippen molar-refractivity contribution in [3.8, 4) is 0 Å². The van der Waals surface area contributed by atoms with Gasteiger partial charge in [0.15, 0.2) is 0 Å². The topological polar surface area (TPSA) is 42.7 Å². The highest BCUT2D eigenvalue weighted by Crippen LogP contribution is 2.15. The van der Waals surface area contributed by atoms with Gasteiger partial charge in [0, 0.05) is 13.1 Å². The molecule has 1 aromatic rings. The van der Waals surface area contributed by atoms with Crippen molar-refractivity contribution in [1.29, 1.82) is 0 Å². The van der Waals surface area contributed by atoms with Crippen LogP contribution < -0.4 is 0 Å². The number of ether oxygens (including phenoxy) is 1. The van der Waals surface area contributed by atoms with Gasteiger partial charge in [0.05, 0.1) is 30.0 Å². The third-order valence-electron chi connectivity index (χ3n) is 2.82. The minimum Gasteiger partial charge on any atom is -0.468 e. The zero-order chi connectivity index (χ0) is 13.0. The Kier molecular flexibility index (Phi) is 4.72. The van der Waals surface area contributed by atoms with E-state index in [0.29, 0.717) is 18.8 Å². The fourth-order valence-electron chi connectivity index (χ4n) is 2.11. The first kappa shape index (κ1) is 13.5. The molecule has 0 aliphatic carbocycles. The monoisotopic (exact) mass is 269 g/mol. The number of thioether (sulfide) groups is 1. The molecule has 5 heteroatoms. The molecular weight excluding hydrogens is 250 g/mol. The van der Waals surface area contributed by atoms with Gasteiger partial charge in [-0.3, -0.25) is 4.79 Å². The zero-order valence-electron chi connectivity index (χ0n) is 10.8. The fourth-order valence-corrected chi connectivity index (χ4v) is 2.93. The fraction of sp³-hybridized carbons (Fsp3) is 0.615. The van der Waals surface area contributed by atoms with Crippen molar-refractivity contribution < 1.29 is 13.9 Å². The molecule has 0 spiro atoms. The Morgan fingerprint density at radius 2 is 2.17 bits per heavy atom. The molecule has 0 N–H and O–H groups in total. The lowest BCUT2D eigenvalue weighted by Crippen LogP contribution is -2.48. The lowest BCUT2D eigenvalue weighted by molar-refractivity contribution is -0.140. The Morgan fingerprint density at radius 1 is 1.44 bits per heavy atom. The van der Waals surface area contributed by atoms with Crippen molar-refractivity contribution >= 4 is 17.7 Å². The molecule has 1 aliphatic rings. The van der Waals surface area contributed by atoms with Crippen LogP contribution in [0.5, 0.6) is 0 Å². The van der Waals surface area contributed by atoms with Gasteiger partial charge >= 0.3 is 0 Å². The quantitative estimate of drug-likeness (QED) is 0.840. The van der Waals surface area contributed by atoms with E-state index in [1.807, 2.05) is 30.9 Å². The average Bonchev–Trinajstić information content (AvgIpc) is 2.80. The van der Waals surface area contributed by atoms with E-state index < -0.39 is 0 Å². The minimum atomic E-state index is 0.132. The summed E-state index contributed by atoms with van der Waals surface area (Å²) in [6.45, 7) is 5.41. The van der Waals surface area contributed by atoms with Crippen molar-refractivity contribution in [3.05, 3.63) is 24.2 Å². The maximum atomic E-state index is 12.0. The van der Waals surface area contributed by atoms with Gasteiger partial charge in [0.2, 0.25) is 5.91 Å². The molecule has 100 valence electrons. The Bertz CT molecular complexity index is 370. The number of hydrogen-bond acceptors (Lipinski definition) is 4. The Morgan fingerprint density at radius 3 is 2.78 bits per heavy atom. The van der Waals surface area contributed by atoms with Crippen LogP contribution in [0.3, 0.4) is 0 Å². The van der Waals surface area contributed by atoms with E-state index in [9.17, 15) is 4.79 Å². The van der Waals surface area contributed by atoms with Crippen molar-refractivity contribution in [2.45, 2.75) is 31.8 Å². The van der Waals surface area contributed by atoms with E-state index >= 15 is 0 Å². The second kappa shape index (κ2) is 6.29. The third kappa shape index (κ3) is 3.78. The summed E-state index contributed by atoms with van der Waals surface area (Å²) in [6, 6.07) is 3.79. The molecule has 4 nitrogen and oxygen atoms in total. The molecule has 1 aliphatic heterocycles. The normalized spacial score (nSPS) is 24.2. The third-order valence-corrected chi connectivity index (χ3v) is 3.76. The molecule has 0 radical (unpaired) electrons. The van der Waals surface area contributed by atoms with Gasteiger partial charge in [-0.2, -0.15) is 0 Å². The highest BCUT2D eigenvalue weighted by Gasteiger charge is 2.25. The summed E-state index contributed by atoms with van der Waals surface area (Å²) < 4.78 is 10.8. The van der Waals surface area contributed by atoms with Crippen LogP contribution in [0.25, 0.3) is 0 Å². The van der Waals surface area contributed by atoms with Crippen molar-refractivity contribution in [3.63, 3.8) is 0 Å². The van der Waals surface area contributed by atoms with E-state index in [4.69, 9.17) is 9.15 Å². The Hall–Kier alpha value is -0.940. The predicted octanol–water partition coefficient (Wildman–Crippen LogP) is 2.15. The molecule has 0 saturated carbocycles. The van der Waals surface area contributed by atoms with Gasteiger partial charge < -0.3 is 14.1 Å². The Balaban J connectivity index is 1.74. The molecule has 1 amide bonds. The minimum absolute atomic E-state index is 0.132. The summed E-state index contributed by atoms with van der Waals surface area (Å²) in [5, 5.41) is 0. The van der Waals surface area contributed by atoms with Gasteiger partial charge in [-0.1, -0.05) is 0 Å². The first-order valence-electron chi connectivity index (χ1n) is 6.18. The van der Waals surface area contributed by atoms with Crippen LogP contribution in [0.4, 0.5) is 0 Å². The first-order chi connectivity index (χ1) is 8.65. The molecule has 1 aromatic heterocycles. The zero-order valence-corrected chi connectivity index (χ0v) is 11.6. The number of carbonyl (C=O) groups is 1. The van der Waals surface area contributed by atoms with E-state index in [-0.39, 0.29) is 18.1 Å². The maximum Gasteiger partial charge on any atom is 0.232 e. The van der Waals surface area contributed by atoms with Crippen molar-refractivity contribution in [2.75, 3.05) is 18.8 Å². The lowest BCUT2D eigenvalue weighted by Gasteiger charge is -2.35. The number of amides is 1. The van der Waals surface area contributed by atoms with Gasteiger partial charge in [-0.25, -0.2) is 0 Å². The summed E-state index contributed by atoms with van der Waals surface area (Å²) in [4.78, 5) is 13.9. The summed E-state index contributed by atoms with van der Waals surface area (Å²) in [7, 11) is 0. The molecule has 0 aromatic carbocycles. The molecule has 1 saturated heterocycles. The smallest absolute Gasteiger partial charge is 0.232 e. The summed E-state index contributed by atoms with van der Waals surface area (Å²) in [5.74, 6) is 2.35. The van der Waals surface area contributed by atoms with E-state index in [0.717, 1.165) is 11.5 Å². The molecule has 18 heavy (non-hydrogen) atoms. The van der Waals surface area contributed by atoms with Gasteiger partial charge in [0.25, 0.3) is 0 Å². The second-order valence-corrected chi connectivity index (χ2v) is 5.61. The molecule has 2 atom stereocenters. The lowest BCUT2D eigenvalue weighted by atomic mass is 10.2. The van der Waals surface area contributed by atoms with Crippen LogP contribution in [0.2, 0.25) is 0 Å². The van der Waals surface area contributed by atoms with E-state index in [1.165, 1.54) is 0 Å². The molecule has 1 fully saturated rings. The maximum absolute atomic E-state index is 12.0. The SMILES string of the molecule is C[C@@H]1CN(C(=O)CSCc2ccco2)C[C@@H](C)O1. The average molecular weight is 269 g/mol. The Labute approximate surface area is 112 Å². The molecular formula is C13H19NO3S.